The fraction of sp³-hybridized carbons (Fsp3) is 0.500. The first kappa shape index (κ1) is 8.02. The summed E-state index contributed by atoms with van der Waals surface area (Å²) in [4.78, 5) is 0. The van der Waals surface area contributed by atoms with E-state index in [0.717, 1.165) is 12.8 Å². The number of allylic oxidation sites excluding steroid dienone is 3. The Morgan fingerprint density at radius 1 is 1.42 bits per heavy atom. The summed E-state index contributed by atoms with van der Waals surface area (Å²) in [6.07, 6.45) is 8.82. The molecule has 65 valence electrons. The van der Waals surface area contributed by atoms with E-state index >= 15 is 0 Å². The monoisotopic (exact) mass is 165 g/mol. The lowest BCUT2D eigenvalue weighted by Gasteiger charge is -2.25. The zero-order valence-electron chi connectivity index (χ0n) is 7.03. The van der Waals surface area contributed by atoms with Crippen LogP contribution in [0.3, 0.4) is 0 Å². The molecule has 12 heavy (non-hydrogen) atoms. The van der Waals surface area contributed by atoms with Crippen molar-refractivity contribution in [3.05, 3.63) is 30.4 Å². The van der Waals surface area contributed by atoms with Crippen LogP contribution in [-0.4, -0.2) is 19.3 Å². The van der Waals surface area contributed by atoms with Gasteiger partial charge in [-0.15, -0.1) is 0 Å². The highest BCUT2D eigenvalue weighted by Gasteiger charge is 2.18. The molecule has 0 saturated carbocycles. The summed E-state index contributed by atoms with van der Waals surface area (Å²) in [5, 5.41) is 0. The molecule has 0 aromatic carbocycles. The molecule has 1 radical (unpaired) electrons. The third kappa shape index (κ3) is 1.76. The predicted molar refractivity (Wildman–Crippen MR) is 46.4 cm³/mol. The van der Waals surface area contributed by atoms with Crippen molar-refractivity contribution < 1.29 is 9.47 Å². The maximum absolute atomic E-state index is 5.47. The van der Waals surface area contributed by atoms with Crippen molar-refractivity contribution in [3.63, 3.8) is 0 Å². The minimum absolute atomic E-state index is 0.170. The van der Waals surface area contributed by atoms with Gasteiger partial charge in [-0.2, -0.15) is 0 Å². The molecule has 2 heteroatoms. The first-order valence-electron chi connectivity index (χ1n) is 4.37. The summed E-state index contributed by atoms with van der Waals surface area (Å²) in [5.41, 5.74) is 1.36. The molecule has 1 heterocycles. The molecule has 2 nitrogen and oxygen atoms in total. The third-order valence-electron chi connectivity index (χ3n) is 2.18. The van der Waals surface area contributed by atoms with Gasteiger partial charge in [0.2, 0.25) is 0 Å². The Bertz CT molecular complexity index is 200. The van der Waals surface area contributed by atoms with Crippen molar-refractivity contribution in [2.45, 2.75) is 18.9 Å². The Morgan fingerprint density at radius 2 is 2.42 bits per heavy atom. The van der Waals surface area contributed by atoms with Crippen molar-refractivity contribution in [2.24, 2.45) is 0 Å². The Hall–Kier alpha value is -0.600. The fourth-order valence-corrected chi connectivity index (χ4v) is 1.50. The zero-order chi connectivity index (χ0) is 8.23. The average molecular weight is 165 g/mol. The van der Waals surface area contributed by atoms with E-state index in [0.29, 0.717) is 13.2 Å². The van der Waals surface area contributed by atoms with Crippen molar-refractivity contribution in [1.29, 1.82) is 0 Å². The number of hydrogen-bond acceptors (Lipinski definition) is 2. The first-order valence-corrected chi connectivity index (χ1v) is 4.37. The lowest BCUT2D eigenvalue weighted by Crippen LogP contribution is -2.27. The van der Waals surface area contributed by atoms with Gasteiger partial charge in [0, 0.05) is 0 Å². The minimum Gasteiger partial charge on any atom is -0.376 e. The second-order valence-corrected chi connectivity index (χ2v) is 3.04. The highest BCUT2D eigenvalue weighted by molar-refractivity contribution is 5.21. The van der Waals surface area contributed by atoms with Crippen molar-refractivity contribution in [2.75, 3.05) is 13.2 Å². The Morgan fingerprint density at radius 3 is 3.08 bits per heavy atom. The molecule has 2 rings (SSSR count). The van der Waals surface area contributed by atoms with Crippen LogP contribution in [0, 0.1) is 6.61 Å². The molecular formula is C10H13O2. The van der Waals surface area contributed by atoms with Crippen LogP contribution in [0.25, 0.3) is 0 Å². The molecule has 0 spiro atoms. The van der Waals surface area contributed by atoms with E-state index in [4.69, 9.17) is 9.47 Å². The highest BCUT2D eigenvalue weighted by atomic mass is 16.6. The molecule has 1 unspecified atom stereocenters. The van der Waals surface area contributed by atoms with Crippen LogP contribution in [0.1, 0.15) is 12.8 Å². The van der Waals surface area contributed by atoms with Gasteiger partial charge in [-0.25, -0.2) is 0 Å². The summed E-state index contributed by atoms with van der Waals surface area (Å²) in [7, 11) is 0. The van der Waals surface area contributed by atoms with E-state index in [1.807, 2.05) is 0 Å². The molecular weight excluding hydrogens is 152 g/mol. The molecule has 0 N–H and O–H groups in total. The molecule has 0 amide bonds. The van der Waals surface area contributed by atoms with Gasteiger partial charge in [-0.3, -0.25) is 0 Å². The van der Waals surface area contributed by atoms with E-state index in [1.165, 1.54) is 5.57 Å². The van der Waals surface area contributed by atoms with E-state index in [-0.39, 0.29) is 6.10 Å². The molecule has 0 aromatic heterocycles. The predicted octanol–water partition coefficient (Wildman–Crippen LogP) is 1.84. The van der Waals surface area contributed by atoms with Crippen molar-refractivity contribution in [1.82, 2.24) is 0 Å². The summed E-state index contributed by atoms with van der Waals surface area (Å²) < 4.78 is 10.8. The molecule has 1 aliphatic heterocycles. The quantitative estimate of drug-likeness (QED) is 0.590. The standard InChI is InChI=1S/C10H13O2/c1-2-4-9(5-3-1)10-8-11-6-7-12-10/h1-2,4,7,10H,3,5-6,8H2. The Kier molecular flexibility index (Phi) is 2.59. The van der Waals surface area contributed by atoms with E-state index in [1.54, 1.807) is 6.61 Å². The number of ether oxygens (including phenoxy) is 2. The lowest BCUT2D eigenvalue weighted by atomic mass is 10.00. The molecule has 0 aromatic rings. The van der Waals surface area contributed by atoms with E-state index in [9.17, 15) is 0 Å². The van der Waals surface area contributed by atoms with Gasteiger partial charge in [-0.05, 0) is 18.4 Å². The van der Waals surface area contributed by atoms with Crippen LogP contribution in [0.4, 0.5) is 0 Å². The fourth-order valence-electron chi connectivity index (χ4n) is 1.50. The largest absolute Gasteiger partial charge is 0.376 e. The van der Waals surface area contributed by atoms with Crippen LogP contribution < -0.4 is 0 Å². The molecule has 1 fully saturated rings. The topological polar surface area (TPSA) is 18.5 Å². The van der Waals surface area contributed by atoms with Gasteiger partial charge < -0.3 is 9.47 Å². The van der Waals surface area contributed by atoms with Crippen LogP contribution in [0.15, 0.2) is 23.8 Å². The van der Waals surface area contributed by atoms with Crippen LogP contribution in [0.5, 0.6) is 0 Å². The van der Waals surface area contributed by atoms with E-state index in [2.05, 4.69) is 18.2 Å². The Balaban J connectivity index is 1.97. The molecule has 0 bridgehead atoms. The molecule has 1 atom stereocenters. The average Bonchev–Trinajstić information content (AvgIpc) is 2.21. The van der Waals surface area contributed by atoms with Gasteiger partial charge >= 0.3 is 0 Å². The second-order valence-electron chi connectivity index (χ2n) is 3.04. The maximum atomic E-state index is 5.47. The van der Waals surface area contributed by atoms with Gasteiger partial charge in [0.1, 0.15) is 12.7 Å². The minimum atomic E-state index is 0.170. The van der Waals surface area contributed by atoms with Crippen molar-refractivity contribution >= 4 is 0 Å². The number of hydrogen-bond donors (Lipinski definition) is 0. The normalized spacial score (nSPS) is 30.0. The van der Waals surface area contributed by atoms with Gasteiger partial charge in [0.15, 0.2) is 0 Å². The molecule has 2 aliphatic rings. The summed E-state index contributed by atoms with van der Waals surface area (Å²) in [6, 6.07) is 0. The summed E-state index contributed by atoms with van der Waals surface area (Å²) in [6.45, 7) is 3.07. The van der Waals surface area contributed by atoms with Crippen LogP contribution >= 0.6 is 0 Å². The highest BCUT2D eigenvalue weighted by Crippen LogP contribution is 2.20. The third-order valence-corrected chi connectivity index (χ3v) is 2.18. The SMILES string of the molecule is [CH]1COCC(C2=CC=CCC2)O1. The molecule has 1 saturated heterocycles. The van der Waals surface area contributed by atoms with Crippen molar-refractivity contribution in [3.8, 4) is 0 Å². The second kappa shape index (κ2) is 3.87. The summed E-state index contributed by atoms with van der Waals surface area (Å²) in [5.74, 6) is 0. The van der Waals surface area contributed by atoms with Crippen LogP contribution in [0.2, 0.25) is 0 Å². The summed E-state index contributed by atoms with van der Waals surface area (Å²) >= 11 is 0. The molecule has 1 aliphatic carbocycles. The zero-order valence-corrected chi connectivity index (χ0v) is 7.03. The lowest BCUT2D eigenvalue weighted by molar-refractivity contribution is -0.0354. The smallest absolute Gasteiger partial charge is 0.110 e. The van der Waals surface area contributed by atoms with Gasteiger partial charge in [0.25, 0.3) is 0 Å². The number of rotatable bonds is 1. The van der Waals surface area contributed by atoms with E-state index < -0.39 is 0 Å². The van der Waals surface area contributed by atoms with Crippen LogP contribution in [-0.2, 0) is 9.47 Å². The Labute approximate surface area is 72.9 Å². The van der Waals surface area contributed by atoms with Gasteiger partial charge in [0.05, 0.1) is 13.2 Å². The van der Waals surface area contributed by atoms with Gasteiger partial charge in [-0.1, -0.05) is 18.2 Å². The first-order chi connectivity index (χ1) is 5.97. The maximum Gasteiger partial charge on any atom is 0.110 e.